The Bertz CT molecular complexity index is 138. The second kappa shape index (κ2) is 2.35. The number of carbonyl (C=O) groups is 1. The molecule has 0 bridgehead atoms. The van der Waals surface area contributed by atoms with Crippen molar-refractivity contribution in [1.29, 1.82) is 0 Å². The number of hydrogen-bond donors (Lipinski definition) is 0. The van der Waals surface area contributed by atoms with Crippen LogP contribution < -0.4 is 0 Å². The number of carbonyl (C=O) groups excluding carboxylic acids is 1. The Hall–Kier alpha value is -0.370. The van der Waals surface area contributed by atoms with E-state index in [2.05, 4.69) is 0 Å². The zero-order chi connectivity index (χ0) is 6.97. The Labute approximate surface area is 60.6 Å². The Morgan fingerprint density at radius 1 is 1.50 bits per heavy atom. The molecule has 1 aliphatic heterocycles. The summed E-state index contributed by atoms with van der Waals surface area (Å²) in [6.07, 6.45) is 4.94. The zero-order valence-corrected chi connectivity index (χ0v) is 5.95. The van der Waals surface area contributed by atoms with Crippen molar-refractivity contribution in [2.45, 2.75) is 25.4 Å². The first-order chi connectivity index (χ1) is 4.92. The maximum atomic E-state index is 10.3. The number of ether oxygens (including phenoxy) is 1. The van der Waals surface area contributed by atoms with Gasteiger partial charge >= 0.3 is 0 Å². The van der Waals surface area contributed by atoms with E-state index in [0.717, 1.165) is 19.3 Å². The van der Waals surface area contributed by atoms with E-state index < -0.39 is 0 Å². The molecular weight excluding hydrogens is 128 g/mol. The van der Waals surface area contributed by atoms with Crippen LogP contribution >= 0.6 is 0 Å². The van der Waals surface area contributed by atoms with Gasteiger partial charge in [0.25, 0.3) is 0 Å². The predicted molar refractivity (Wildman–Crippen MR) is 36.6 cm³/mol. The van der Waals surface area contributed by atoms with Crippen LogP contribution in [0, 0.1) is 11.8 Å². The standard InChI is InChI=1S/C8H12O2/c9-5-6-4-7(6)8-2-1-3-10-8/h5-8H,1-4H2/t6-,7+,8+/m0/s1. The van der Waals surface area contributed by atoms with Gasteiger partial charge in [-0.2, -0.15) is 0 Å². The molecule has 2 nitrogen and oxygen atoms in total. The third-order valence-corrected chi connectivity index (χ3v) is 2.51. The highest BCUT2D eigenvalue weighted by atomic mass is 16.5. The number of hydrogen-bond acceptors (Lipinski definition) is 2. The third kappa shape index (κ3) is 0.966. The molecule has 0 radical (unpaired) electrons. The quantitative estimate of drug-likeness (QED) is 0.535. The molecule has 2 fully saturated rings. The van der Waals surface area contributed by atoms with Gasteiger partial charge in [0, 0.05) is 12.5 Å². The zero-order valence-electron chi connectivity index (χ0n) is 5.95. The molecule has 0 unspecified atom stereocenters. The summed E-state index contributed by atoms with van der Waals surface area (Å²) in [7, 11) is 0. The minimum atomic E-state index is 0.336. The van der Waals surface area contributed by atoms with E-state index >= 15 is 0 Å². The molecule has 0 aromatic rings. The largest absolute Gasteiger partial charge is 0.378 e. The fourth-order valence-corrected chi connectivity index (χ4v) is 1.76. The van der Waals surface area contributed by atoms with Crippen LogP contribution in [-0.2, 0) is 9.53 Å². The Balaban J connectivity index is 1.84. The van der Waals surface area contributed by atoms with Crippen LogP contribution in [0.5, 0.6) is 0 Å². The summed E-state index contributed by atoms with van der Waals surface area (Å²) in [6.45, 7) is 0.909. The van der Waals surface area contributed by atoms with Gasteiger partial charge in [0.15, 0.2) is 0 Å². The van der Waals surface area contributed by atoms with E-state index in [0.29, 0.717) is 17.9 Å². The molecule has 3 atom stereocenters. The Morgan fingerprint density at radius 2 is 2.40 bits per heavy atom. The van der Waals surface area contributed by atoms with Gasteiger partial charge < -0.3 is 9.53 Å². The first kappa shape index (κ1) is 6.35. The van der Waals surface area contributed by atoms with Gasteiger partial charge in [0.05, 0.1) is 6.10 Å². The molecule has 2 aliphatic rings. The van der Waals surface area contributed by atoms with Crippen LogP contribution in [0.15, 0.2) is 0 Å². The van der Waals surface area contributed by atoms with E-state index in [1.165, 1.54) is 12.8 Å². The summed E-state index contributed by atoms with van der Waals surface area (Å²) in [6, 6.07) is 0. The van der Waals surface area contributed by atoms with Gasteiger partial charge in [0.2, 0.25) is 0 Å². The van der Waals surface area contributed by atoms with Crippen molar-refractivity contribution in [3.8, 4) is 0 Å². The van der Waals surface area contributed by atoms with Crippen molar-refractivity contribution in [2.75, 3.05) is 6.61 Å². The first-order valence-corrected chi connectivity index (χ1v) is 3.98. The minimum absolute atomic E-state index is 0.336. The topological polar surface area (TPSA) is 26.3 Å². The number of aldehydes is 1. The van der Waals surface area contributed by atoms with E-state index in [-0.39, 0.29) is 0 Å². The highest BCUT2D eigenvalue weighted by Crippen LogP contribution is 2.43. The molecule has 0 N–H and O–H groups in total. The third-order valence-electron chi connectivity index (χ3n) is 2.51. The van der Waals surface area contributed by atoms with Crippen LogP contribution in [0.3, 0.4) is 0 Å². The molecule has 1 saturated heterocycles. The molecule has 0 amide bonds. The molecule has 2 heteroatoms. The van der Waals surface area contributed by atoms with Crippen LogP contribution in [0.4, 0.5) is 0 Å². The summed E-state index contributed by atoms with van der Waals surface area (Å²) < 4.78 is 5.45. The van der Waals surface area contributed by atoms with Gasteiger partial charge in [-0.25, -0.2) is 0 Å². The van der Waals surface area contributed by atoms with E-state index in [1.807, 2.05) is 0 Å². The molecule has 0 aromatic heterocycles. The lowest BCUT2D eigenvalue weighted by Gasteiger charge is -2.05. The lowest BCUT2D eigenvalue weighted by Crippen LogP contribution is -2.08. The lowest BCUT2D eigenvalue weighted by molar-refractivity contribution is -0.109. The Morgan fingerprint density at radius 3 is 2.90 bits per heavy atom. The van der Waals surface area contributed by atoms with Gasteiger partial charge in [-0.3, -0.25) is 0 Å². The molecule has 0 aromatic carbocycles. The summed E-state index contributed by atoms with van der Waals surface area (Å²) >= 11 is 0. The molecular formula is C8H12O2. The van der Waals surface area contributed by atoms with Gasteiger partial charge in [-0.15, -0.1) is 0 Å². The predicted octanol–water partition coefficient (Wildman–Crippen LogP) is 1.00. The van der Waals surface area contributed by atoms with E-state index in [1.54, 1.807) is 0 Å². The smallest absolute Gasteiger partial charge is 0.123 e. The maximum absolute atomic E-state index is 10.3. The second-order valence-electron chi connectivity index (χ2n) is 3.25. The average molecular weight is 140 g/mol. The molecule has 1 heterocycles. The normalized spacial score (nSPS) is 45.4. The molecule has 10 heavy (non-hydrogen) atoms. The van der Waals surface area contributed by atoms with Gasteiger partial charge in [-0.05, 0) is 25.2 Å². The van der Waals surface area contributed by atoms with Crippen molar-refractivity contribution in [1.82, 2.24) is 0 Å². The summed E-state index contributed by atoms with van der Waals surface area (Å²) in [5.41, 5.74) is 0. The summed E-state index contributed by atoms with van der Waals surface area (Å²) in [5.74, 6) is 0.920. The highest BCUT2D eigenvalue weighted by molar-refractivity contribution is 5.58. The second-order valence-corrected chi connectivity index (χ2v) is 3.25. The number of rotatable bonds is 2. The van der Waals surface area contributed by atoms with E-state index in [9.17, 15) is 4.79 Å². The van der Waals surface area contributed by atoms with Gasteiger partial charge in [-0.1, -0.05) is 0 Å². The maximum Gasteiger partial charge on any atom is 0.123 e. The summed E-state index contributed by atoms with van der Waals surface area (Å²) in [5, 5.41) is 0. The molecule has 2 rings (SSSR count). The van der Waals surface area contributed by atoms with Crippen molar-refractivity contribution >= 4 is 6.29 Å². The van der Waals surface area contributed by atoms with Crippen LogP contribution in [0.25, 0.3) is 0 Å². The van der Waals surface area contributed by atoms with Crippen molar-refractivity contribution in [3.05, 3.63) is 0 Å². The molecule has 56 valence electrons. The lowest BCUT2D eigenvalue weighted by atomic mass is 10.1. The molecule has 1 saturated carbocycles. The summed E-state index contributed by atoms with van der Waals surface area (Å²) in [4.78, 5) is 10.3. The fourth-order valence-electron chi connectivity index (χ4n) is 1.76. The van der Waals surface area contributed by atoms with Crippen molar-refractivity contribution in [2.24, 2.45) is 11.8 Å². The first-order valence-electron chi connectivity index (χ1n) is 3.98. The average Bonchev–Trinajstić information content (AvgIpc) is 2.56. The van der Waals surface area contributed by atoms with Crippen LogP contribution in [0.1, 0.15) is 19.3 Å². The molecule has 1 aliphatic carbocycles. The van der Waals surface area contributed by atoms with Crippen molar-refractivity contribution < 1.29 is 9.53 Å². The molecule has 0 spiro atoms. The van der Waals surface area contributed by atoms with Gasteiger partial charge in [0.1, 0.15) is 6.29 Å². The van der Waals surface area contributed by atoms with Crippen LogP contribution in [0.2, 0.25) is 0 Å². The SMILES string of the molecule is O=C[C@@H]1C[C@H]1[C@H]1CCCO1. The van der Waals surface area contributed by atoms with E-state index in [4.69, 9.17) is 4.74 Å². The van der Waals surface area contributed by atoms with Crippen LogP contribution in [-0.4, -0.2) is 19.0 Å². The highest BCUT2D eigenvalue weighted by Gasteiger charge is 2.44. The monoisotopic (exact) mass is 140 g/mol. The minimum Gasteiger partial charge on any atom is -0.378 e. The Kier molecular flexibility index (Phi) is 1.49. The fraction of sp³-hybridized carbons (Fsp3) is 0.875. The van der Waals surface area contributed by atoms with Crippen molar-refractivity contribution in [3.63, 3.8) is 0 Å².